The van der Waals surface area contributed by atoms with Crippen molar-refractivity contribution in [3.8, 4) is 22.9 Å². The number of carbonyl (C=O) groups excluding carboxylic acids is 1. The Balaban J connectivity index is 1.63. The molecule has 1 aliphatic rings. The molecular formula is C25H29N3O3S. The maximum absolute atomic E-state index is 12.7. The van der Waals surface area contributed by atoms with Gasteiger partial charge in [0.15, 0.2) is 28.3 Å². The standard InChI is InChI=1S/C25H29N3O3S/c1-17-9-11-18(12-10-17)21(29)16-32-25-27-26-24(28(25)20-7-5-4-6-8-20)19-13-14-22(30-2)23(15-19)31-3/h9-15,20H,4-8,16H2,1-3H3. The van der Waals surface area contributed by atoms with E-state index < -0.39 is 0 Å². The van der Waals surface area contributed by atoms with Gasteiger partial charge in [0.1, 0.15) is 0 Å². The van der Waals surface area contributed by atoms with Crippen molar-refractivity contribution in [2.45, 2.75) is 50.2 Å². The van der Waals surface area contributed by atoms with Crippen LogP contribution in [0.5, 0.6) is 11.5 Å². The second-order valence-electron chi connectivity index (χ2n) is 8.12. The highest BCUT2D eigenvalue weighted by molar-refractivity contribution is 7.99. The molecule has 1 aromatic heterocycles. The van der Waals surface area contributed by atoms with Crippen LogP contribution in [0.15, 0.2) is 47.6 Å². The third kappa shape index (κ3) is 4.83. The van der Waals surface area contributed by atoms with Gasteiger partial charge in [-0.15, -0.1) is 10.2 Å². The predicted molar refractivity (Wildman–Crippen MR) is 127 cm³/mol. The highest BCUT2D eigenvalue weighted by Gasteiger charge is 2.25. The maximum Gasteiger partial charge on any atom is 0.192 e. The first-order valence-electron chi connectivity index (χ1n) is 11.0. The van der Waals surface area contributed by atoms with Gasteiger partial charge in [-0.25, -0.2) is 0 Å². The quantitative estimate of drug-likeness (QED) is 0.321. The monoisotopic (exact) mass is 451 g/mol. The van der Waals surface area contributed by atoms with Gasteiger partial charge < -0.3 is 9.47 Å². The molecule has 1 aliphatic carbocycles. The normalized spacial score (nSPS) is 14.3. The molecule has 1 saturated carbocycles. The van der Waals surface area contributed by atoms with Crippen molar-refractivity contribution >= 4 is 17.5 Å². The van der Waals surface area contributed by atoms with E-state index in [1.807, 2.05) is 49.4 Å². The summed E-state index contributed by atoms with van der Waals surface area (Å²) in [6.07, 6.45) is 5.84. The van der Waals surface area contributed by atoms with Crippen LogP contribution in [0, 0.1) is 6.92 Å². The lowest BCUT2D eigenvalue weighted by Crippen LogP contribution is -2.15. The summed E-state index contributed by atoms with van der Waals surface area (Å²) in [6, 6.07) is 13.9. The Morgan fingerprint density at radius 2 is 1.72 bits per heavy atom. The minimum absolute atomic E-state index is 0.0980. The van der Waals surface area contributed by atoms with Crippen LogP contribution in [0.3, 0.4) is 0 Å². The Morgan fingerprint density at radius 3 is 2.41 bits per heavy atom. The number of Topliss-reactive ketones (excluding diaryl/α,β-unsaturated/α-hetero) is 1. The average molecular weight is 452 g/mol. The fraction of sp³-hybridized carbons (Fsp3) is 0.400. The number of hydrogen-bond donors (Lipinski definition) is 0. The number of aromatic nitrogens is 3. The Morgan fingerprint density at radius 1 is 1.00 bits per heavy atom. The molecule has 0 saturated heterocycles. The highest BCUT2D eigenvalue weighted by Crippen LogP contribution is 2.38. The molecule has 0 amide bonds. The molecule has 32 heavy (non-hydrogen) atoms. The second kappa shape index (κ2) is 10.2. The molecule has 1 fully saturated rings. The van der Waals surface area contributed by atoms with Gasteiger partial charge in [-0.1, -0.05) is 60.9 Å². The fourth-order valence-corrected chi connectivity index (χ4v) is 5.07. The Hall–Kier alpha value is -2.80. The summed E-state index contributed by atoms with van der Waals surface area (Å²) in [4.78, 5) is 12.7. The first-order valence-corrected chi connectivity index (χ1v) is 12.0. The number of carbonyl (C=O) groups is 1. The summed E-state index contributed by atoms with van der Waals surface area (Å²) < 4.78 is 13.1. The maximum atomic E-state index is 12.7. The summed E-state index contributed by atoms with van der Waals surface area (Å²) in [5.41, 5.74) is 2.80. The summed E-state index contributed by atoms with van der Waals surface area (Å²) in [7, 11) is 3.26. The molecule has 0 bridgehead atoms. The molecule has 7 heteroatoms. The van der Waals surface area contributed by atoms with E-state index in [9.17, 15) is 4.79 Å². The van der Waals surface area contributed by atoms with Gasteiger partial charge in [0, 0.05) is 17.2 Å². The van der Waals surface area contributed by atoms with Crippen molar-refractivity contribution in [3.05, 3.63) is 53.6 Å². The summed E-state index contributed by atoms with van der Waals surface area (Å²) >= 11 is 1.46. The third-order valence-corrected chi connectivity index (χ3v) is 6.90. The van der Waals surface area contributed by atoms with Crippen LogP contribution in [0.1, 0.15) is 54.1 Å². The van der Waals surface area contributed by atoms with Crippen LogP contribution < -0.4 is 9.47 Å². The fourth-order valence-electron chi connectivity index (χ4n) is 4.17. The lowest BCUT2D eigenvalue weighted by Gasteiger charge is -2.25. The van der Waals surface area contributed by atoms with Crippen molar-refractivity contribution in [3.63, 3.8) is 0 Å². The number of ketones is 1. The molecule has 3 aromatic rings. The average Bonchev–Trinajstić information content (AvgIpc) is 3.27. The smallest absolute Gasteiger partial charge is 0.192 e. The highest BCUT2D eigenvalue weighted by atomic mass is 32.2. The van der Waals surface area contributed by atoms with Gasteiger partial charge >= 0.3 is 0 Å². The molecule has 168 valence electrons. The van der Waals surface area contributed by atoms with Gasteiger partial charge in [0.25, 0.3) is 0 Å². The Bertz CT molecular complexity index is 1070. The number of aryl methyl sites for hydroxylation is 1. The lowest BCUT2D eigenvalue weighted by atomic mass is 9.95. The van der Waals surface area contributed by atoms with E-state index in [0.29, 0.717) is 23.3 Å². The SMILES string of the molecule is COc1ccc(-c2nnc(SCC(=O)c3ccc(C)cc3)n2C2CCCCC2)cc1OC. The topological polar surface area (TPSA) is 66.2 Å². The Kier molecular flexibility index (Phi) is 7.15. The van der Waals surface area contributed by atoms with Crippen LogP contribution in [0.2, 0.25) is 0 Å². The second-order valence-corrected chi connectivity index (χ2v) is 9.06. The zero-order valence-electron chi connectivity index (χ0n) is 18.8. The van der Waals surface area contributed by atoms with E-state index in [1.54, 1.807) is 14.2 Å². The number of thioether (sulfide) groups is 1. The van der Waals surface area contributed by atoms with Crippen molar-refractivity contribution in [1.82, 2.24) is 14.8 Å². The summed E-state index contributed by atoms with van der Waals surface area (Å²) in [6.45, 7) is 2.02. The molecule has 1 heterocycles. The number of benzene rings is 2. The number of hydrogen-bond acceptors (Lipinski definition) is 6. The first-order chi connectivity index (χ1) is 15.6. The number of rotatable bonds is 8. The van der Waals surface area contributed by atoms with Crippen molar-refractivity contribution in [2.24, 2.45) is 0 Å². The molecule has 2 aromatic carbocycles. The molecule has 0 N–H and O–H groups in total. The molecule has 0 atom stereocenters. The summed E-state index contributed by atoms with van der Waals surface area (Å²) in [5.74, 6) is 2.58. The van der Waals surface area contributed by atoms with Crippen LogP contribution in [0.25, 0.3) is 11.4 Å². The van der Waals surface area contributed by atoms with E-state index in [4.69, 9.17) is 9.47 Å². The van der Waals surface area contributed by atoms with Gasteiger partial charge in [-0.2, -0.15) is 0 Å². The largest absolute Gasteiger partial charge is 0.493 e. The molecule has 0 radical (unpaired) electrons. The van der Waals surface area contributed by atoms with Gasteiger partial charge in [-0.3, -0.25) is 9.36 Å². The minimum atomic E-state index is 0.0980. The summed E-state index contributed by atoms with van der Waals surface area (Å²) in [5, 5.41) is 9.83. The van der Waals surface area contributed by atoms with E-state index in [0.717, 1.165) is 40.5 Å². The van der Waals surface area contributed by atoms with Crippen LogP contribution >= 0.6 is 11.8 Å². The third-order valence-electron chi connectivity index (χ3n) is 5.95. The Labute approximate surface area is 193 Å². The van der Waals surface area contributed by atoms with Crippen LogP contribution in [0.4, 0.5) is 0 Å². The van der Waals surface area contributed by atoms with Gasteiger partial charge in [-0.05, 0) is 38.0 Å². The zero-order chi connectivity index (χ0) is 22.5. The lowest BCUT2D eigenvalue weighted by molar-refractivity contribution is 0.102. The van der Waals surface area contributed by atoms with E-state index in [2.05, 4.69) is 14.8 Å². The van der Waals surface area contributed by atoms with Crippen molar-refractivity contribution < 1.29 is 14.3 Å². The molecule has 0 aliphatic heterocycles. The zero-order valence-corrected chi connectivity index (χ0v) is 19.7. The van der Waals surface area contributed by atoms with E-state index in [-0.39, 0.29) is 5.78 Å². The molecule has 4 rings (SSSR count). The van der Waals surface area contributed by atoms with Crippen molar-refractivity contribution in [2.75, 3.05) is 20.0 Å². The molecule has 0 spiro atoms. The van der Waals surface area contributed by atoms with Gasteiger partial charge in [0.05, 0.1) is 20.0 Å². The van der Waals surface area contributed by atoms with Crippen molar-refractivity contribution in [1.29, 1.82) is 0 Å². The molecule has 6 nitrogen and oxygen atoms in total. The number of methoxy groups -OCH3 is 2. The molecular weight excluding hydrogens is 422 g/mol. The van der Waals surface area contributed by atoms with Crippen LogP contribution in [-0.2, 0) is 0 Å². The number of ether oxygens (including phenoxy) is 2. The predicted octanol–water partition coefficient (Wildman–Crippen LogP) is 5.75. The van der Waals surface area contributed by atoms with Gasteiger partial charge in [0.2, 0.25) is 0 Å². The van der Waals surface area contributed by atoms with E-state index in [1.165, 1.54) is 31.0 Å². The van der Waals surface area contributed by atoms with Crippen LogP contribution in [-0.4, -0.2) is 40.5 Å². The first kappa shape index (κ1) is 22.4. The molecule has 0 unspecified atom stereocenters. The number of nitrogens with zero attached hydrogens (tertiary/aromatic N) is 3. The van der Waals surface area contributed by atoms with E-state index >= 15 is 0 Å². The minimum Gasteiger partial charge on any atom is -0.493 e.